The van der Waals surface area contributed by atoms with E-state index in [0.717, 1.165) is 12.3 Å². The zero-order valence-corrected chi connectivity index (χ0v) is 9.88. The highest BCUT2D eigenvalue weighted by Gasteiger charge is 2.26. The van der Waals surface area contributed by atoms with Gasteiger partial charge in [-0.05, 0) is 0 Å². The van der Waals surface area contributed by atoms with Crippen LogP contribution in [0.3, 0.4) is 0 Å². The highest BCUT2D eigenvalue weighted by Crippen LogP contribution is 2.07. The summed E-state index contributed by atoms with van der Waals surface area (Å²) < 4.78 is 4.45. The number of aliphatic hydroxyl groups is 1. The van der Waals surface area contributed by atoms with Crippen LogP contribution in [-0.2, 0) is 14.3 Å². The van der Waals surface area contributed by atoms with Gasteiger partial charge in [-0.25, -0.2) is 4.79 Å². The van der Waals surface area contributed by atoms with E-state index in [-0.39, 0.29) is 11.9 Å². The first kappa shape index (κ1) is 13.3. The SMILES string of the molecule is COC(=O)[C@H](CO)NC(=O)C1CSCCN1. The fourth-order valence-corrected chi connectivity index (χ4v) is 2.26. The maximum absolute atomic E-state index is 11.7. The van der Waals surface area contributed by atoms with Crippen molar-refractivity contribution >= 4 is 23.6 Å². The van der Waals surface area contributed by atoms with Crippen LogP contribution < -0.4 is 10.6 Å². The Kier molecular flexibility index (Phi) is 5.58. The van der Waals surface area contributed by atoms with E-state index in [4.69, 9.17) is 5.11 Å². The zero-order valence-electron chi connectivity index (χ0n) is 9.06. The molecule has 0 radical (unpaired) electrons. The molecule has 3 N–H and O–H groups in total. The molecule has 1 saturated heterocycles. The average Bonchev–Trinajstić information content (AvgIpc) is 2.35. The van der Waals surface area contributed by atoms with Crippen molar-refractivity contribution in [1.82, 2.24) is 10.6 Å². The molecule has 1 amide bonds. The van der Waals surface area contributed by atoms with Crippen molar-refractivity contribution in [2.75, 3.05) is 31.8 Å². The molecule has 0 aromatic rings. The molecule has 6 nitrogen and oxygen atoms in total. The molecule has 0 aliphatic carbocycles. The Bertz CT molecular complexity index is 256. The van der Waals surface area contributed by atoms with Gasteiger partial charge in [-0.1, -0.05) is 0 Å². The molecule has 0 saturated carbocycles. The lowest BCUT2D eigenvalue weighted by atomic mass is 10.2. The van der Waals surface area contributed by atoms with Crippen LogP contribution in [0, 0.1) is 0 Å². The molecule has 0 aromatic heterocycles. The molecule has 1 aliphatic heterocycles. The Balaban J connectivity index is 2.44. The molecule has 0 spiro atoms. The summed E-state index contributed by atoms with van der Waals surface area (Å²) in [7, 11) is 1.21. The molecule has 1 rings (SSSR count). The summed E-state index contributed by atoms with van der Waals surface area (Å²) in [5.74, 6) is 0.728. The van der Waals surface area contributed by atoms with E-state index in [0.29, 0.717) is 5.75 Å². The molecule has 16 heavy (non-hydrogen) atoms. The number of amides is 1. The minimum absolute atomic E-state index is 0.281. The lowest BCUT2D eigenvalue weighted by Gasteiger charge is -2.24. The van der Waals surface area contributed by atoms with Crippen molar-refractivity contribution in [1.29, 1.82) is 0 Å². The van der Waals surface area contributed by atoms with Gasteiger partial charge < -0.3 is 20.5 Å². The van der Waals surface area contributed by atoms with Gasteiger partial charge in [0.25, 0.3) is 0 Å². The lowest BCUT2D eigenvalue weighted by molar-refractivity contribution is -0.146. The number of hydrogen-bond donors (Lipinski definition) is 3. The highest BCUT2D eigenvalue weighted by molar-refractivity contribution is 7.99. The summed E-state index contributed by atoms with van der Waals surface area (Å²) in [6, 6.07) is -1.29. The third-order valence-corrected chi connectivity index (χ3v) is 3.28. The number of methoxy groups -OCH3 is 1. The predicted octanol–water partition coefficient (Wildman–Crippen LogP) is -1.66. The predicted molar refractivity (Wildman–Crippen MR) is 60.1 cm³/mol. The van der Waals surface area contributed by atoms with Crippen LogP contribution in [0.2, 0.25) is 0 Å². The summed E-state index contributed by atoms with van der Waals surface area (Å²) in [6.07, 6.45) is 0. The van der Waals surface area contributed by atoms with Gasteiger partial charge in [-0.15, -0.1) is 0 Å². The molecular formula is C9H16N2O4S. The Labute approximate surface area is 98.1 Å². The first-order chi connectivity index (χ1) is 7.69. The van der Waals surface area contributed by atoms with Crippen molar-refractivity contribution in [3.05, 3.63) is 0 Å². The van der Waals surface area contributed by atoms with Gasteiger partial charge >= 0.3 is 5.97 Å². The number of carbonyl (C=O) groups excluding carboxylic acids is 2. The number of thioether (sulfide) groups is 1. The van der Waals surface area contributed by atoms with Crippen molar-refractivity contribution < 1.29 is 19.4 Å². The molecule has 1 unspecified atom stereocenters. The van der Waals surface area contributed by atoms with Gasteiger partial charge in [-0.2, -0.15) is 11.8 Å². The third kappa shape index (κ3) is 3.66. The van der Waals surface area contributed by atoms with E-state index in [9.17, 15) is 9.59 Å². The number of rotatable bonds is 4. The Morgan fingerprint density at radius 2 is 2.44 bits per heavy atom. The van der Waals surface area contributed by atoms with Crippen LogP contribution in [0.4, 0.5) is 0 Å². The van der Waals surface area contributed by atoms with Crippen LogP contribution in [0.15, 0.2) is 0 Å². The summed E-state index contributed by atoms with van der Waals surface area (Å²) in [4.78, 5) is 22.8. The molecule has 7 heteroatoms. The summed E-state index contributed by atoms with van der Waals surface area (Å²) in [6.45, 7) is 0.309. The summed E-state index contributed by atoms with van der Waals surface area (Å²) in [5, 5.41) is 14.4. The number of nitrogens with one attached hydrogen (secondary N) is 2. The number of ether oxygens (including phenoxy) is 1. The molecule has 1 aliphatic rings. The van der Waals surface area contributed by atoms with E-state index in [1.165, 1.54) is 7.11 Å². The second kappa shape index (κ2) is 6.72. The van der Waals surface area contributed by atoms with Gasteiger partial charge in [0.05, 0.1) is 19.8 Å². The average molecular weight is 248 g/mol. The topological polar surface area (TPSA) is 87.7 Å². The maximum atomic E-state index is 11.7. The van der Waals surface area contributed by atoms with E-state index < -0.39 is 18.6 Å². The van der Waals surface area contributed by atoms with Crippen molar-refractivity contribution in [3.63, 3.8) is 0 Å². The number of carbonyl (C=O) groups is 2. The van der Waals surface area contributed by atoms with E-state index >= 15 is 0 Å². The molecule has 2 atom stereocenters. The number of aliphatic hydroxyl groups excluding tert-OH is 1. The van der Waals surface area contributed by atoms with Crippen LogP contribution in [0.5, 0.6) is 0 Å². The molecular weight excluding hydrogens is 232 g/mol. The molecule has 1 fully saturated rings. The standard InChI is InChI=1S/C9H16N2O4S/c1-15-9(14)6(4-12)11-8(13)7-5-16-3-2-10-7/h6-7,10,12H,2-5H2,1H3,(H,11,13)/t6-,7?/m0/s1. The minimum atomic E-state index is -0.980. The monoisotopic (exact) mass is 248 g/mol. The van der Waals surface area contributed by atoms with Crippen LogP contribution in [0.25, 0.3) is 0 Å². The van der Waals surface area contributed by atoms with Gasteiger partial charge in [0.15, 0.2) is 6.04 Å². The lowest BCUT2D eigenvalue weighted by Crippen LogP contribution is -2.54. The number of esters is 1. The Hall–Kier alpha value is -0.790. The summed E-state index contributed by atoms with van der Waals surface area (Å²) >= 11 is 1.68. The largest absolute Gasteiger partial charge is 0.467 e. The van der Waals surface area contributed by atoms with E-state index in [1.807, 2.05) is 0 Å². The van der Waals surface area contributed by atoms with Crippen molar-refractivity contribution in [3.8, 4) is 0 Å². The van der Waals surface area contributed by atoms with Gasteiger partial charge in [0, 0.05) is 18.1 Å². The highest BCUT2D eigenvalue weighted by atomic mass is 32.2. The van der Waals surface area contributed by atoms with Crippen molar-refractivity contribution in [2.45, 2.75) is 12.1 Å². The Morgan fingerprint density at radius 1 is 1.69 bits per heavy atom. The fourth-order valence-electron chi connectivity index (χ4n) is 1.33. The van der Waals surface area contributed by atoms with Crippen molar-refractivity contribution in [2.24, 2.45) is 0 Å². The Morgan fingerprint density at radius 3 is 2.94 bits per heavy atom. The second-order valence-electron chi connectivity index (χ2n) is 3.35. The number of hydrogen-bond acceptors (Lipinski definition) is 6. The third-order valence-electron chi connectivity index (χ3n) is 2.22. The van der Waals surface area contributed by atoms with Crippen LogP contribution >= 0.6 is 11.8 Å². The van der Waals surface area contributed by atoms with E-state index in [2.05, 4.69) is 15.4 Å². The summed E-state index contributed by atoms with van der Waals surface area (Å²) in [5.41, 5.74) is 0. The van der Waals surface area contributed by atoms with Gasteiger partial charge in [0.2, 0.25) is 5.91 Å². The minimum Gasteiger partial charge on any atom is -0.467 e. The molecule has 0 aromatic carbocycles. The smallest absolute Gasteiger partial charge is 0.330 e. The quantitative estimate of drug-likeness (QED) is 0.516. The molecule has 1 heterocycles. The maximum Gasteiger partial charge on any atom is 0.330 e. The van der Waals surface area contributed by atoms with Gasteiger partial charge in [-0.3, -0.25) is 4.79 Å². The first-order valence-corrected chi connectivity index (χ1v) is 6.14. The normalized spacial score (nSPS) is 22.2. The molecule has 92 valence electrons. The molecule has 0 bridgehead atoms. The van der Waals surface area contributed by atoms with Gasteiger partial charge in [0.1, 0.15) is 0 Å². The second-order valence-corrected chi connectivity index (χ2v) is 4.50. The van der Waals surface area contributed by atoms with Crippen LogP contribution in [-0.4, -0.2) is 60.8 Å². The fraction of sp³-hybridized carbons (Fsp3) is 0.778. The zero-order chi connectivity index (χ0) is 12.0. The van der Waals surface area contributed by atoms with E-state index in [1.54, 1.807) is 11.8 Å². The first-order valence-electron chi connectivity index (χ1n) is 4.99. The van der Waals surface area contributed by atoms with Crippen LogP contribution in [0.1, 0.15) is 0 Å².